The van der Waals surface area contributed by atoms with Crippen molar-refractivity contribution < 1.29 is 30.3 Å². The number of carbonyl (C=O) groups is 1. The predicted octanol–water partition coefficient (Wildman–Crippen LogP) is 2.69. The van der Waals surface area contributed by atoms with E-state index in [0.717, 1.165) is 19.3 Å². The van der Waals surface area contributed by atoms with Gasteiger partial charge in [-0.2, -0.15) is 0 Å². The molecule has 0 fully saturated rings. The number of carboxylic acid groups (broad SMARTS) is 1. The van der Waals surface area contributed by atoms with Gasteiger partial charge in [0.2, 0.25) is 5.79 Å². The molecule has 0 aliphatic carbocycles. The highest BCUT2D eigenvalue weighted by Crippen LogP contribution is 2.24. The highest BCUT2D eigenvalue weighted by molar-refractivity contribution is 5.76. The highest BCUT2D eigenvalue weighted by atomic mass is 16.6. The van der Waals surface area contributed by atoms with Crippen LogP contribution in [-0.2, 0) is 4.79 Å². The monoisotopic (exact) mass is 346 g/mol. The van der Waals surface area contributed by atoms with Crippen molar-refractivity contribution in [1.82, 2.24) is 0 Å². The van der Waals surface area contributed by atoms with Crippen molar-refractivity contribution in [3.63, 3.8) is 0 Å². The van der Waals surface area contributed by atoms with E-state index in [9.17, 15) is 15.0 Å². The predicted molar refractivity (Wildman–Crippen MR) is 92.2 cm³/mol. The molecule has 142 valence electrons. The summed E-state index contributed by atoms with van der Waals surface area (Å²) >= 11 is 0. The van der Waals surface area contributed by atoms with E-state index >= 15 is 0 Å². The highest BCUT2D eigenvalue weighted by Gasteiger charge is 2.53. The molecule has 6 heteroatoms. The van der Waals surface area contributed by atoms with Crippen LogP contribution in [0.4, 0.5) is 0 Å². The Hall–Kier alpha value is -0.950. The van der Waals surface area contributed by atoms with Gasteiger partial charge in [0.15, 0.2) is 0 Å². The van der Waals surface area contributed by atoms with Crippen LogP contribution in [0.3, 0.4) is 0 Å². The van der Waals surface area contributed by atoms with Gasteiger partial charge < -0.3 is 25.5 Å². The molecule has 0 aromatic rings. The number of carboxylic acids is 1. The Labute approximate surface area is 144 Å². The first-order valence-electron chi connectivity index (χ1n) is 9.03. The van der Waals surface area contributed by atoms with Crippen LogP contribution in [0.25, 0.3) is 0 Å². The van der Waals surface area contributed by atoms with Crippen LogP contribution in [0.1, 0.15) is 84.0 Å². The molecule has 0 saturated heterocycles. The average molecular weight is 346 g/mol. The zero-order chi connectivity index (χ0) is 18.5. The second-order valence-corrected chi connectivity index (χ2v) is 6.42. The molecule has 6 nitrogen and oxygen atoms in total. The van der Waals surface area contributed by atoms with E-state index in [4.69, 9.17) is 15.3 Å². The van der Waals surface area contributed by atoms with Crippen LogP contribution >= 0.6 is 0 Å². The summed E-state index contributed by atoms with van der Waals surface area (Å²) < 4.78 is 0. The molecule has 0 saturated carbocycles. The lowest BCUT2D eigenvalue weighted by molar-refractivity contribution is -0.346. The van der Waals surface area contributed by atoms with E-state index in [-0.39, 0.29) is 0 Å². The molecule has 0 aliphatic rings. The second kappa shape index (κ2) is 12.4. The van der Waals surface area contributed by atoms with Gasteiger partial charge in [-0.05, 0) is 32.1 Å². The first-order chi connectivity index (χ1) is 11.3. The van der Waals surface area contributed by atoms with Gasteiger partial charge in [-0.25, -0.2) is 4.79 Å². The van der Waals surface area contributed by atoms with E-state index in [0.29, 0.717) is 12.8 Å². The smallest absolute Gasteiger partial charge is 0.370 e. The largest absolute Gasteiger partial charge is 0.477 e. The van der Waals surface area contributed by atoms with E-state index in [1.165, 1.54) is 38.5 Å². The van der Waals surface area contributed by atoms with Crippen LogP contribution in [0.5, 0.6) is 0 Å². The van der Waals surface area contributed by atoms with Crippen molar-refractivity contribution in [2.24, 2.45) is 0 Å². The van der Waals surface area contributed by atoms with Gasteiger partial charge in [-0.15, -0.1) is 0 Å². The van der Waals surface area contributed by atoms with Gasteiger partial charge in [-0.3, -0.25) is 0 Å². The summed E-state index contributed by atoms with van der Waals surface area (Å²) in [6.07, 6.45) is 15.3. The molecule has 0 rings (SSSR count). The van der Waals surface area contributed by atoms with Crippen molar-refractivity contribution in [1.29, 1.82) is 0 Å². The molecule has 0 amide bonds. The molecular formula is C18H34O6. The molecule has 0 atom stereocenters. The molecule has 0 radical (unpaired) electrons. The van der Waals surface area contributed by atoms with Crippen LogP contribution < -0.4 is 0 Å². The van der Waals surface area contributed by atoms with Crippen LogP contribution in [0.15, 0.2) is 12.2 Å². The molecule has 0 heterocycles. The number of hydrogen-bond acceptors (Lipinski definition) is 5. The minimum Gasteiger partial charge on any atom is -0.477 e. The van der Waals surface area contributed by atoms with Crippen LogP contribution in [0.2, 0.25) is 0 Å². The fourth-order valence-corrected chi connectivity index (χ4v) is 2.43. The minimum atomic E-state index is -3.55. The fourth-order valence-electron chi connectivity index (χ4n) is 2.43. The number of allylic oxidation sites excluding steroid dienone is 2. The molecule has 0 bridgehead atoms. The molecule has 0 aromatic heterocycles. The Morgan fingerprint density at radius 3 is 1.75 bits per heavy atom. The third-order valence-electron chi connectivity index (χ3n) is 4.14. The minimum absolute atomic E-state index is 0.300. The Morgan fingerprint density at radius 2 is 1.25 bits per heavy atom. The molecule has 0 unspecified atom stereocenters. The van der Waals surface area contributed by atoms with E-state index in [1.54, 1.807) is 0 Å². The lowest BCUT2D eigenvalue weighted by Gasteiger charge is -2.31. The maximum absolute atomic E-state index is 10.6. The third-order valence-corrected chi connectivity index (χ3v) is 4.14. The maximum Gasteiger partial charge on any atom is 0.370 e. The van der Waals surface area contributed by atoms with Gasteiger partial charge in [0.1, 0.15) is 0 Å². The molecule has 24 heavy (non-hydrogen) atoms. The Morgan fingerprint density at radius 1 is 0.792 bits per heavy atom. The topological polar surface area (TPSA) is 118 Å². The first kappa shape index (κ1) is 23.1. The molecular weight excluding hydrogens is 312 g/mol. The lowest BCUT2D eigenvalue weighted by atomic mass is 9.98. The quantitative estimate of drug-likeness (QED) is 0.177. The van der Waals surface area contributed by atoms with E-state index in [2.05, 4.69) is 19.1 Å². The zero-order valence-electron chi connectivity index (χ0n) is 14.8. The van der Waals surface area contributed by atoms with E-state index < -0.39 is 24.0 Å². The summed E-state index contributed by atoms with van der Waals surface area (Å²) in [4.78, 5) is 10.6. The Kier molecular flexibility index (Phi) is 11.9. The zero-order valence-corrected chi connectivity index (χ0v) is 14.8. The Bertz CT molecular complexity index is 363. The molecule has 0 aromatic carbocycles. The van der Waals surface area contributed by atoms with Gasteiger partial charge in [0, 0.05) is 6.42 Å². The lowest BCUT2D eigenvalue weighted by Crippen LogP contribution is -2.59. The van der Waals surface area contributed by atoms with Gasteiger partial charge >= 0.3 is 11.8 Å². The SMILES string of the molecule is CCCCCCCC/C=C\CCCCCC(O)(O)C(O)(O)C(=O)O. The van der Waals surface area contributed by atoms with Crippen molar-refractivity contribution in [2.75, 3.05) is 0 Å². The van der Waals surface area contributed by atoms with Crippen LogP contribution in [-0.4, -0.2) is 43.1 Å². The Balaban J connectivity index is 3.63. The van der Waals surface area contributed by atoms with Crippen molar-refractivity contribution >= 4 is 5.97 Å². The van der Waals surface area contributed by atoms with Gasteiger partial charge in [-0.1, -0.05) is 57.6 Å². The number of hydrogen-bond donors (Lipinski definition) is 5. The average Bonchev–Trinajstić information content (AvgIpc) is 2.51. The first-order valence-corrected chi connectivity index (χ1v) is 9.03. The van der Waals surface area contributed by atoms with Crippen molar-refractivity contribution in [3.05, 3.63) is 12.2 Å². The number of aliphatic carboxylic acids is 1. The van der Waals surface area contributed by atoms with Gasteiger partial charge in [0.05, 0.1) is 0 Å². The van der Waals surface area contributed by atoms with Crippen LogP contribution in [0, 0.1) is 0 Å². The molecule has 0 spiro atoms. The van der Waals surface area contributed by atoms with Crippen molar-refractivity contribution in [2.45, 2.75) is 95.5 Å². The summed E-state index contributed by atoms with van der Waals surface area (Å²) in [5.41, 5.74) is 0. The third kappa shape index (κ3) is 9.37. The number of rotatable bonds is 15. The molecule has 0 aliphatic heterocycles. The normalized spacial score (nSPS) is 12.9. The van der Waals surface area contributed by atoms with Gasteiger partial charge in [0.25, 0.3) is 0 Å². The summed E-state index contributed by atoms with van der Waals surface area (Å²) in [7, 11) is 0. The maximum atomic E-state index is 10.6. The summed E-state index contributed by atoms with van der Waals surface area (Å²) in [5.74, 6) is -8.68. The summed E-state index contributed by atoms with van der Waals surface area (Å²) in [5, 5.41) is 45.8. The fraction of sp³-hybridized carbons (Fsp3) is 0.833. The van der Waals surface area contributed by atoms with Crippen molar-refractivity contribution in [3.8, 4) is 0 Å². The number of unbranched alkanes of at least 4 members (excludes halogenated alkanes) is 9. The van der Waals surface area contributed by atoms with E-state index in [1.807, 2.05) is 0 Å². The standard InChI is InChI=1S/C18H34O6/c1-2-3-4-5-6-7-8-9-10-11-12-13-14-15-17(21,22)18(23,24)16(19)20/h9-10,21-24H,2-8,11-15H2,1H3,(H,19,20)/b10-9-. The summed E-state index contributed by atoms with van der Waals surface area (Å²) in [6, 6.07) is 0. The number of aliphatic hydroxyl groups is 4. The second-order valence-electron chi connectivity index (χ2n) is 6.42. The summed E-state index contributed by atoms with van der Waals surface area (Å²) in [6.45, 7) is 2.21. The molecule has 5 N–H and O–H groups in total.